The van der Waals surface area contributed by atoms with E-state index in [2.05, 4.69) is 11.8 Å². The SMILES string of the molecule is CN(C)C(=O)OCC#CCOC(=O)N(C)C. The Bertz CT molecular complexity index is 274. The maximum absolute atomic E-state index is 10.9. The third kappa shape index (κ3) is 6.54. The molecule has 6 nitrogen and oxygen atoms in total. The highest BCUT2D eigenvalue weighted by Crippen LogP contribution is 1.85. The molecule has 0 atom stereocenters. The predicted molar refractivity (Wildman–Crippen MR) is 57.8 cm³/mol. The number of carbonyl (C=O) groups is 2. The zero-order chi connectivity index (χ0) is 12.6. The Morgan fingerprint density at radius 1 is 0.875 bits per heavy atom. The van der Waals surface area contributed by atoms with Crippen LogP contribution in [-0.2, 0) is 9.47 Å². The van der Waals surface area contributed by atoms with Gasteiger partial charge >= 0.3 is 12.2 Å². The lowest BCUT2D eigenvalue weighted by Crippen LogP contribution is -2.23. The zero-order valence-electron chi connectivity index (χ0n) is 9.94. The first-order valence-corrected chi connectivity index (χ1v) is 4.59. The van der Waals surface area contributed by atoms with Crippen molar-refractivity contribution in [1.82, 2.24) is 9.80 Å². The van der Waals surface area contributed by atoms with Gasteiger partial charge in [0.2, 0.25) is 0 Å². The Morgan fingerprint density at radius 2 is 1.19 bits per heavy atom. The van der Waals surface area contributed by atoms with Crippen LogP contribution in [0.25, 0.3) is 0 Å². The molecule has 0 aromatic carbocycles. The molecule has 90 valence electrons. The fourth-order valence-corrected chi connectivity index (χ4v) is 0.556. The standard InChI is InChI=1S/C10H16N2O4/c1-11(2)9(13)15-7-5-6-8-16-10(14)12(3)4/h7-8H2,1-4H3. The van der Waals surface area contributed by atoms with Crippen molar-refractivity contribution in [2.24, 2.45) is 0 Å². The van der Waals surface area contributed by atoms with Gasteiger partial charge in [-0.05, 0) is 0 Å². The summed E-state index contributed by atoms with van der Waals surface area (Å²) in [5.74, 6) is 5.10. The molecule has 0 saturated carbocycles. The van der Waals surface area contributed by atoms with Crippen LogP contribution in [0.1, 0.15) is 0 Å². The number of hydrogen-bond acceptors (Lipinski definition) is 4. The Labute approximate surface area is 95.1 Å². The van der Waals surface area contributed by atoms with Gasteiger partial charge < -0.3 is 19.3 Å². The summed E-state index contributed by atoms with van der Waals surface area (Å²) in [5, 5.41) is 0. The molecule has 0 heterocycles. The van der Waals surface area contributed by atoms with E-state index in [0.29, 0.717) is 0 Å². The minimum Gasteiger partial charge on any atom is -0.436 e. The van der Waals surface area contributed by atoms with E-state index in [1.165, 1.54) is 9.80 Å². The van der Waals surface area contributed by atoms with Crippen LogP contribution in [0, 0.1) is 11.8 Å². The van der Waals surface area contributed by atoms with Crippen LogP contribution in [0.3, 0.4) is 0 Å². The van der Waals surface area contributed by atoms with E-state index in [4.69, 9.17) is 9.47 Å². The molecule has 0 spiro atoms. The molecule has 0 aliphatic carbocycles. The molecule has 6 heteroatoms. The summed E-state index contributed by atoms with van der Waals surface area (Å²) in [7, 11) is 6.31. The zero-order valence-corrected chi connectivity index (χ0v) is 9.94. The van der Waals surface area contributed by atoms with Crippen LogP contribution in [0.5, 0.6) is 0 Å². The number of nitrogens with zero attached hydrogens (tertiary/aromatic N) is 2. The quantitative estimate of drug-likeness (QED) is 0.641. The third-order valence-electron chi connectivity index (χ3n) is 1.39. The lowest BCUT2D eigenvalue weighted by molar-refractivity contribution is 0.128. The molecule has 0 unspecified atom stereocenters. The first kappa shape index (κ1) is 14.1. The Balaban J connectivity index is 3.64. The Morgan fingerprint density at radius 3 is 1.44 bits per heavy atom. The van der Waals surface area contributed by atoms with Crippen molar-refractivity contribution < 1.29 is 19.1 Å². The summed E-state index contributed by atoms with van der Waals surface area (Å²) in [6, 6.07) is 0. The molecule has 0 aliphatic rings. The van der Waals surface area contributed by atoms with Crippen LogP contribution in [0.15, 0.2) is 0 Å². The number of amides is 2. The highest BCUT2D eigenvalue weighted by molar-refractivity contribution is 5.67. The molecule has 0 aromatic rings. The maximum Gasteiger partial charge on any atom is 0.410 e. The molecule has 0 fully saturated rings. The van der Waals surface area contributed by atoms with Crippen molar-refractivity contribution in [3.8, 4) is 11.8 Å². The van der Waals surface area contributed by atoms with Gasteiger partial charge in [0, 0.05) is 28.2 Å². The van der Waals surface area contributed by atoms with E-state index in [9.17, 15) is 9.59 Å². The van der Waals surface area contributed by atoms with Gasteiger partial charge in [0.25, 0.3) is 0 Å². The largest absolute Gasteiger partial charge is 0.436 e. The monoisotopic (exact) mass is 228 g/mol. The molecule has 0 aliphatic heterocycles. The summed E-state index contributed by atoms with van der Waals surface area (Å²) in [4.78, 5) is 24.4. The smallest absolute Gasteiger partial charge is 0.410 e. The number of carbonyl (C=O) groups excluding carboxylic acids is 2. The van der Waals surface area contributed by atoms with Crippen molar-refractivity contribution in [2.45, 2.75) is 0 Å². The van der Waals surface area contributed by atoms with Crippen LogP contribution >= 0.6 is 0 Å². The highest BCUT2D eigenvalue weighted by Gasteiger charge is 2.02. The fourth-order valence-electron chi connectivity index (χ4n) is 0.556. The van der Waals surface area contributed by atoms with Gasteiger partial charge in [0.1, 0.15) is 0 Å². The molecule has 0 bridgehead atoms. The van der Waals surface area contributed by atoms with Gasteiger partial charge in [0.15, 0.2) is 13.2 Å². The van der Waals surface area contributed by atoms with E-state index in [1.54, 1.807) is 28.2 Å². The van der Waals surface area contributed by atoms with Gasteiger partial charge in [-0.2, -0.15) is 0 Å². The van der Waals surface area contributed by atoms with E-state index in [0.717, 1.165) is 0 Å². The van der Waals surface area contributed by atoms with E-state index < -0.39 is 12.2 Å². The normalized spacial score (nSPS) is 8.50. The van der Waals surface area contributed by atoms with Crippen LogP contribution in [0.4, 0.5) is 9.59 Å². The van der Waals surface area contributed by atoms with Gasteiger partial charge in [-0.3, -0.25) is 0 Å². The maximum atomic E-state index is 10.9. The average molecular weight is 228 g/mol. The first-order chi connectivity index (χ1) is 7.45. The molecular weight excluding hydrogens is 212 g/mol. The lowest BCUT2D eigenvalue weighted by Gasteiger charge is -2.08. The van der Waals surface area contributed by atoms with Crippen LogP contribution < -0.4 is 0 Å². The second-order valence-corrected chi connectivity index (χ2v) is 3.25. The predicted octanol–water partition coefficient (Wildman–Crippen LogP) is 0.386. The van der Waals surface area contributed by atoms with Gasteiger partial charge in [-0.25, -0.2) is 9.59 Å². The molecule has 0 aromatic heterocycles. The summed E-state index contributed by atoms with van der Waals surface area (Å²) in [6.45, 7) is -0.0347. The van der Waals surface area contributed by atoms with Crippen molar-refractivity contribution in [2.75, 3.05) is 41.4 Å². The minimum absolute atomic E-state index is 0.0173. The number of ether oxygens (including phenoxy) is 2. The Kier molecular flexibility index (Phi) is 6.52. The summed E-state index contributed by atoms with van der Waals surface area (Å²) in [6.07, 6.45) is -0.917. The fraction of sp³-hybridized carbons (Fsp3) is 0.600. The van der Waals surface area contributed by atoms with E-state index in [1.807, 2.05) is 0 Å². The lowest BCUT2D eigenvalue weighted by atomic mass is 10.6. The summed E-state index contributed by atoms with van der Waals surface area (Å²) < 4.78 is 9.44. The molecule has 0 N–H and O–H groups in total. The first-order valence-electron chi connectivity index (χ1n) is 4.59. The van der Waals surface area contributed by atoms with Crippen molar-refractivity contribution in [3.05, 3.63) is 0 Å². The average Bonchev–Trinajstić information content (AvgIpc) is 2.21. The second-order valence-electron chi connectivity index (χ2n) is 3.25. The van der Waals surface area contributed by atoms with Crippen LogP contribution in [0.2, 0.25) is 0 Å². The third-order valence-corrected chi connectivity index (χ3v) is 1.39. The van der Waals surface area contributed by atoms with Gasteiger partial charge in [-0.1, -0.05) is 11.8 Å². The highest BCUT2D eigenvalue weighted by atomic mass is 16.6. The summed E-state index contributed by atoms with van der Waals surface area (Å²) >= 11 is 0. The molecule has 2 amide bonds. The van der Waals surface area contributed by atoms with E-state index in [-0.39, 0.29) is 13.2 Å². The molecular formula is C10H16N2O4. The summed E-state index contributed by atoms with van der Waals surface area (Å²) in [5.41, 5.74) is 0. The van der Waals surface area contributed by atoms with Gasteiger partial charge in [0.05, 0.1) is 0 Å². The van der Waals surface area contributed by atoms with Crippen molar-refractivity contribution in [3.63, 3.8) is 0 Å². The number of rotatable bonds is 2. The number of hydrogen-bond donors (Lipinski definition) is 0. The van der Waals surface area contributed by atoms with E-state index >= 15 is 0 Å². The minimum atomic E-state index is -0.459. The van der Waals surface area contributed by atoms with Crippen molar-refractivity contribution in [1.29, 1.82) is 0 Å². The van der Waals surface area contributed by atoms with Crippen LogP contribution in [-0.4, -0.2) is 63.4 Å². The topological polar surface area (TPSA) is 59.1 Å². The Hall–Kier alpha value is -1.90. The molecule has 16 heavy (non-hydrogen) atoms. The molecule has 0 saturated heterocycles. The van der Waals surface area contributed by atoms with Gasteiger partial charge in [-0.15, -0.1) is 0 Å². The molecule has 0 radical (unpaired) electrons. The second kappa shape index (κ2) is 7.40. The van der Waals surface area contributed by atoms with Crippen molar-refractivity contribution >= 4 is 12.2 Å². The molecule has 0 rings (SSSR count).